The van der Waals surface area contributed by atoms with Crippen molar-refractivity contribution in [3.8, 4) is 11.5 Å². The summed E-state index contributed by atoms with van der Waals surface area (Å²) in [6.45, 7) is 1.81. The molecule has 0 saturated carbocycles. The standard InChI is InChI=1S/C18H20F4O8S/c1-17(2,9-28-7-6-11(19)15(20)18(21,22)31(25,26)27)16(24)29-12-5-3-4-10-8-13(23)30-14(10)12/h3-5,11,15H,6-9H2,1-2H3,(H,25,26,27). The highest BCUT2D eigenvalue weighted by Gasteiger charge is 2.56. The van der Waals surface area contributed by atoms with Crippen molar-refractivity contribution in [1.82, 2.24) is 0 Å². The van der Waals surface area contributed by atoms with Gasteiger partial charge in [0.2, 0.25) is 6.17 Å². The number of esters is 2. The third kappa shape index (κ3) is 5.71. The van der Waals surface area contributed by atoms with Crippen molar-refractivity contribution in [2.24, 2.45) is 5.41 Å². The lowest BCUT2D eigenvalue weighted by Crippen LogP contribution is -2.44. The molecule has 1 aromatic carbocycles. The van der Waals surface area contributed by atoms with Crippen molar-refractivity contribution in [3.05, 3.63) is 23.8 Å². The number of carbonyl (C=O) groups is 2. The van der Waals surface area contributed by atoms with Crippen LogP contribution >= 0.6 is 0 Å². The van der Waals surface area contributed by atoms with E-state index in [1.54, 1.807) is 12.1 Å². The van der Waals surface area contributed by atoms with Crippen LogP contribution in [0.5, 0.6) is 11.5 Å². The molecule has 0 aliphatic carbocycles. The third-order valence-electron chi connectivity index (χ3n) is 4.35. The summed E-state index contributed by atoms with van der Waals surface area (Å²) >= 11 is 0. The molecule has 0 aromatic heterocycles. The number of benzene rings is 1. The molecule has 2 atom stereocenters. The fraction of sp³-hybridized carbons (Fsp3) is 0.556. The fourth-order valence-electron chi connectivity index (χ4n) is 2.52. The number of ether oxygens (including phenoxy) is 3. The van der Waals surface area contributed by atoms with Crippen LogP contribution in [-0.2, 0) is 30.9 Å². The Balaban J connectivity index is 1.88. The average Bonchev–Trinajstić information content (AvgIpc) is 3.04. The highest BCUT2D eigenvalue weighted by molar-refractivity contribution is 7.86. The molecule has 0 bridgehead atoms. The van der Waals surface area contributed by atoms with Gasteiger partial charge in [-0.05, 0) is 19.9 Å². The number of hydrogen-bond donors (Lipinski definition) is 1. The number of alkyl halides is 4. The van der Waals surface area contributed by atoms with Gasteiger partial charge >= 0.3 is 27.3 Å². The molecular formula is C18H20F4O8S. The molecule has 0 fully saturated rings. The molecule has 0 saturated heterocycles. The zero-order valence-electron chi connectivity index (χ0n) is 16.4. The maximum Gasteiger partial charge on any atom is 0.403 e. The van der Waals surface area contributed by atoms with Crippen molar-refractivity contribution in [3.63, 3.8) is 0 Å². The second kappa shape index (κ2) is 9.09. The first-order valence-electron chi connectivity index (χ1n) is 8.92. The molecule has 0 amide bonds. The third-order valence-corrected chi connectivity index (χ3v) is 5.26. The molecule has 1 N–H and O–H groups in total. The Morgan fingerprint density at radius 1 is 1.29 bits per heavy atom. The van der Waals surface area contributed by atoms with Crippen molar-refractivity contribution in [1.29, 1.82) is 0 Å². The van der Waals surface area contributed by atoms with E-state index in [2.05, 4.69) is 0 Å². The van der Waals surface area contributed by atoms with Gasteiger partial charge in [0.25, 0.3) is 0 Å². The largest absolute Gasteiger partial charge is 0.422 e. The number of rotatable bonds is 10. The van der Waals surface area contributed by atoms with Gasteiger partial charge in [-0.1, -0.05) is 12.1 Å². The maximum absolute atomic E-state index is 13.6. The van der Waals surface area contributed by atoms with E-state index in [4.69, 9.17) is 18.8 Å². The maximum atomic E-state index is 13.6. The van der Waals surface area contributed by atoms with Crippen molar-refractivity contribution >= 4 is 22.1 Å². The van der Waals surface area contributed by atoms with E-state index >= 15 is 0 Å². The molecule has 1 aliphatic rings. The van der Waals surface area contributed by atoms with Gasteiger partial charge in [-0.25, -0.2) is 8.78 Å². The van der Waals surface area contributed by atoms with Crippen molar-refractivity contribution < 1.29 is 54.3 Å². The Labute approximate surface area is 175 Å². The molecule has 13 heteroatoms. The highest BCUT2D eigenvalue weighted by atomic mass is 32.2. The van der Waals surface area contributed by atoms with E-state index in [9.17, 15) is 35.6 Å². The van der Waals surface area contributed by atoms with Crippen LogP contribution in [-0.4, -0.2) is 55.7 Å². The quantitative estimate of drug-likeness (QED) is 0.182. The van der Waals surface area contributed by atoms with Crippen LogP contribution < -0.4 is 9.47 Å². The molecule has 0 radical (unpaired) electrons. The number of fused-ring (bicyclic) bond motifs is 1. The number of halogens is 4. The fourth-order valence-corrected chi connectivity index (χ4v) is 2.95. The zero-order chi connectivity index (χ0) is 23.6. The van der Waals surface area contributed by atoms with E-state index in [0.29, 0.717) is 5.56 Å². The monoisotopic (exact) mass is 472 g/mol. The Morgan fingerprint density at radius 3 is 2.55 bits per heavy atom. The van der Waals surface area contributed by atoms with E-state index < -0.39 is 58.1 Å². The summed E-state index contributed by atoms with van der Waals surface area (Å²) in [5.41, 5.74) is -0.772. The Kier molecular flexibility index (Phi) is 7.33. The van der Waals surface area contributed by atoms with Gasteiger partial charge < -0.3 is 14.2 Å². The molecule has 1 heterocycles. The summed E-state index contributed by atoms with van der Waals surface area (Å²) in [5, 5.41) is -5.31. The molecule has 0 spiro atoms. The zero-order valence-corrected chi connectivity index (χ0v) is 17.3. The predicted octanol–water partition coefficient (Wildman–Crippen LogP) is 2.64. The van der Waals surface area contributed by atoms with Gasteiger partial charge in [0, 0.05) is 18.6 Å². The first-order valence-corrected chi connectivity index (χ1v) is 10.4. The summed E-state index contributed by atoms with van der Waals surface area (Å²) < 4.78 is 97.8. The van der Waals surface area contributed by atoms with Crippen LogP contribution in [0.1, 0.15) is 25.8 Å². The van der Waals surface area contributed by atoms with Gasteiger partial charge in [0.05, 0.1) is 18.4 Å². The van der Waals surface area contributed by atoms with E-state index in [1.165, 1.54) is 19.9 Å². The van der Waals surface area contributed by atoms with Crippen LogP contribution in [0.3, 0.4) is 0 Å². The molecule has 1 aliphatic heterocycles. The second-order valence-electron chi connectivity index (χ2n) is 7.46. The summed E-state index contributed by atoms with van der Waals surface area (Å²) in [6.07, 6.45) is -7.68. The summed E-state index contributed by atoms with van der Waals surface area (Å²) in [7, 11) is -6.13. The Morgan fingerprint density at radius 2 is 1.94 bits per heavy atom. The minimum atomic E-state index is -6.13. The van der Waals surface area contributed by atoms with Gasteiger partial charge in [-0.3, -0.25) is 14.1 Å². The molecule has 31 heavy (non-hydrogen) atoms. The van der Waals surface area contributed by atoms with Gasteiger partial charge in [0.1, 0.15) is 6.17 Å². The summed E-state index contributed by atoms with van der Waals surface area (Å²) in [6, 6.07) is 4.60. The number of para-hydroxylation sites is 1. The summed E-state index contributed by atoms with van der Waals surface area (Å²) in [5.74, 6) is -1.18. The smallest absolute Gasteiger partial charge is 0.403 e. The molecule has 1 aromatic rings. The lowest BCUT2D eigenvalue weighted by atomic mass is 9.95. The molecular weight excluding hydrogens is 452 g/mol. The Bertz CT molecular complexity index is 948. The van der Waals surface area contributed by atoms with E-state index in [0.717, 1.165) is 0 Å². The highest BCUT2D eigenvalue weighted by Crippen LogP contribution is 2.37. The normalized spacial score (nSPS) is 16.4. The van der Waals surface area contributed by atoms with Gasteiger partial charge in [-0.15, -0.1) is 0 Å². The first-order chi connectivity index (χ1) is 14.2. The topological polar surface area (TPSA) is 116 Å². The minimum Gasteiger partial charge on any atom is -0.422 e. The number of carbonyl (C=O) groups excluding carboxylic acids is 2. The molecule has 174 valence electrons. The lowest BCUT2D eigenvalue weighted by molar-refractivity contribution is -0.148. The van der Waals surface area contributed by atoms with Crippen LogP contribution in [0, 0.1) is 5.41 Å². The molecule has 2 unspecified atom stereocenters. The van der Waals surface area contributed by atoms with Gasteiger partial charge in [-0.2, -0.15) is 17.2 Å². The SMILES string of the molecule is CC(C)(COCCC(F)C(F)C(F)(F)S(=O)(=O)O)C(=O)Oc1cccc2c1OC(=O)C2. The lowest BCUT2D eigenvalue weighted by Gasteiger charge is -2.24. The molecule has 2 rings (SSSR count). The van der Waals surface area contributed by atoms with Gasteiger partial charge in [0.15, 0.2) is 11.5 Å². The van der Waals surface area contributed by atoms with Crippen LogP contribution in [0.2, 0.25) is 0 Å². The van der Waals surface area contributed by atoms with Crippen LogP contribution in [0.4, 0.5) is 17.6 Å². The number of hydrogen-bond acceptors (Lipinski definition) is 7. The molecule has 8 nitrogen and oxygen atoms in total. The van der Waals surface area contributed by atoms with E-state index in [1.807, 2.05) is 0 Å². The van der Waals surface area contributed by atoms with Crippen LogP contribution in [0.15, 0.2) is 18.2 Å². The predicted molar refractivity (Wildman–Crippen MR) is 96.9 cm³/mol. The van der Waals surface area contributed by atoms with Crippen molar-refractivity contribution in [2.45, 2.75) is 44.3 Å². The average molecular weight is 472 g/mol. The van der Waals surface area contributed by atoms with Crippen LogP contribution in [0.25, 0.3) is 0 Å². The Hall–Kier alpha value is -2.25. The van der Waals surface area contributed by atoms with E-state index in [-0.39, 0.29) is 24.5 Å². The summed E-state index contributed by atoms with van der Waals surface area (Å²) in [4.78, 5) is 23.8. The first kappa shape index (κ1) is 25.0. The second-order valence-corrected chi connectivity index (χ2v) is 8.96. The minimum absolute atomic E-state index is 0.0120. The van der Waals surface area contributed by atoms with Crippen molar-refractivity contribution in [2.75, 3.05) is 13.2 Å².